The molecule has 2 fully saturated rings. The number of aromatic nitrogens is 1. The predicted octanol–water partition coefficient (Wildman–Crippen LogP) is 0.352. The van der Waals surface area contributed by atoms with Crippen molar-refractivity contribution in [2.24, 2.45) is 0 Å². The Kier molecular flexibility index (Phi) is 4.36. The van der Waals surface area contributed by atoms with Crippen molar-refractivity contribution in [2.75, 3.05) is 51.3 Å². The van der Waals surface area contributed by atoms with E-state index in [1.54, 1.807) is 6.20 Å². The van der Waals surface area contributed by atoms with Gasteiger partial charge in [0.05, 0.1) is 18.8 Å². The number of amides is 1. The third kappa shape index (κ3) is 3.51. The largest absolute Gasteiger partial charge is 0.378 e. The van der Waals surface area contributed by atoms with E-state index in [0.717, 1.165) is 51.6 Å². The van der Waals surface area contributed by atoms with Crippen molar-refractivity contribution in [2.45, 2.75) is 12.5 Å². The predicted molar refractivity (Wildman–Crippen MR) is 80.6 cm³/mol. The van der Waals surface area contributed by atoms with Crippen LogP contribution in [-0.2, 0) is 4.74 Å². The lowest BCUT2D eigenvalue weighted by atomic mass is 10.2. The Morgan fingerprint density at radius 2 is 2.14 bits per heavy atom. The van der Waals surface area contributed by atoms with Crippen LogP contribution in [0.2, 0.25) is 0 Å². The van der Waals surface area contributed by atoms with E-state index in [0.29, 0.717) is 5.56 Å². The molecule has 2 saturated heterocycles. The maximum Gasteiger partial charge on any atom is 0.253 e. The number of anilines is 1. The standard InChI is InChI=1S/C15H22N4O2/c1-18-5-4-13(11-18)17-15(20)12-2-3-14(16-10-12)19-6-8-21-9-7-19/h2-3,10,13H,4-9,11H2,1H3,(H,17,20). The first-order valence-electron chi connectivity index (χ1n) is 7.50. The molecule has 0 saturated carbocycles. The maximum absolute atomic E-state index is 12.2. The molecule has 6 heteroatoms. The van der Waals surface area contributed by atoms with E-state index in [1.165, 1.54) is 0 Å². The van der Waals surface area contributed by atoms with Crippen LogP contribution < -0.4 is 10.2 Å². The molecule has 2 aliphatic rings. The second-order valence-corrected chi connectivity index (χ2v) is 5.73. The average molecular weight is 290 g/mol. The van der Waals surface area contributed by atoms with E-state index in [9.17, 15) is 4.79 Å². The fourth-order valence-electron chi connectivity index (χ4n) is 2.82. The summed E-state index contributed by atoms with van der Waals surface area (Å²) in [6.45, 7) is 5.14. The fraction of sp³-hybridized carbons (Fsp3) is 0.600. The van der Waals surface area contributed by atoms with E-state index >= 15 is 0 Å². The highest BCUT2D eigenvalue weighted by molar-refractivity contribution is 5.94. The minimum Gasteiger partial charge on any atom is -0.378 e. The van der Waals surface area contributed by atoms with Crippen LogP contribution in [-0.4, -0.2) is 68.3 Å². The molecule has 0 spiro atoms. The summed E-state index contributed by atoms with van der Waals surface area (Å²) in [6.07, 6.45) is 2.68. The minimum absolute atomic E-state index is 0.0312. The Morgan fingerprint density at radius 1 is 1.33 bits per heavy atom. The third-order valence-electron chi connectivity index (χ3n) is 4.07. The molecule has 3 rings (SSSR count). The molecule has 1 unspecified atom stereocenters. The van der Waals surface area contributed by atoms with Gasteiger partial charge in [-0.05, 0) is 32.1 Å². The Balaban J connectivity index is 1.59. The number of carbonyl (C=O) groups excluding carboxylic acids is 1. The van der Waals surface area contributed by atoms with E-state index < -0.39 is 0 Å². The summed E-state index contributed by atoms with van der Waals surface area (Å²) in [5.74, 6) is 0.881. The Hall–Kier alpha value is -1.66. The summed E-state index contributed by atoms with van der Waals surface area (Å²) in [5, 5.41) is 3.07. The van der Waals surface area contributed by atoms with Crippen LogP contribution in [0.25, 0.3) is 0 Å². The number of morpholine rings is 1. The van der Waals surface area contributed by atoms with Gasteiger partial charge in [0, 0.05) is 31.9 Å². The van der Waals surface area contributed by atoms with Crippen molar-refractivity contribution in [3.63, 3.8) is 0 Å². The molecule has 2 aliphatic heterocycles. The molecular weight excluding hydrogens is 268 g/mol. The number of nitrogens with one attached hydrogen (secondary N) is 1. The molecule has 0 radical (unpaired) electrons. The second-order valence-electron chi connectivity index (χ2n) is 5.73. The first-order valence-corrected chi connectivity index (χ1v) is 7.50. The molecule has 6 nitrogen and oxygen atoms in total. The zero-order valence-electron chi connectivity index (χ0n) is 12.4. The van der Waals surface area contributed by atoms with Crippen LogP contribution in [0.4, 0.5) is 5.82 Å². The number of rotatable bonds is 3. The SMILES string of the molecule is CN1CCC(NC(=O)c2ccc(N3CCOCC3)nc2)C1. The molecule has 21 heavy (non-hydrogen) atoms. The van der Waals surface area contributed by atoms with Gasteiger partial charge >= 0.3 is 0 Å². The molecule has 0 aliphatic carbocycles. The molecule has 1 amide bonds. The highest BCUT2D eigenvalue weighted by atomic mass is 16.5. The van der Waals surface area contributed by atoms with Crippen LogP contribution in [0, 0.1) is 0 Å². The Labute approximate surface area is 125 Å². The van der Waals surface area contributed by atoms with Crippen molar-refractivity contribution < 1.29 is 9.53 Å². The van der Waals surface area contributed by atoms with Gasteiger partial charge in [0.25, 0.3) is 5.91 Å². The van der Waals surface area contributed by atoms with Crippen LogP contribution in [0.1, 0.15) is 16.8 Å². The first-order chi connectivity index (χ1) is 10.2. The van der Waals surface area contributed by atoms with Crippen molar-refractivity contribution in [1.29, 1.82) is 0 Å². The van der Waals surface area contributed by atoms with Crippen molar-refractivity contribution >= 4 is 11.7 Å². The molecule has 0 aromatic carbocycles. The molecule has 1 aromatic rings. The molecular formula is C15H22N4O2. The number of ether oxygens (including phenoxy) is 1. The smallest absolute Gasteiger partial charge is 0.253 e. The highest BCUT2D eigenvalue weighted by Crippen LogP contribution is 2.13. The van der Waals surface area contributed by atoms with Crippen molar-refractivity contribution in [3.8, 4) is 0 Å². The third-order valence-corrected chi connectivity index (χ3v) is 4.07. The lowest BCUT2D eigenvalue weighted by Crippen LogP contribution is -2.37. The monoisotopic (exact) mass is 290 g/mol. The number of likely N-dealkylation sites (N-methyl/N-ethyl adjacent to an activating group) is 1. The molecule has 0 bridgehead atoms. The molecule has 1 atom stereocenters. The lowest BCUT2D eigenvalue weighted by Gasteiger charge is -2.27. The number of nitrogens with zero attached hydrogens (tertiary/aromatic N) is 3. The number of likely N-dealkylation sites (tertiary alicyclic amines) is 1. The fourth-order valence-corrected chi connectivity index (χ4v) is 2.82. The lowest BCUT2D eigenvalue weighted by molar-refractivity contribution is 0.0938. The summed E-state index contributed by atoms with van der Waals surface area (Å²) in [7, 11) is 2.07. The molecule has 1 aromatic heterocycles. The Bertz CT molecular complexity index is 485. The van der Waals surface area contributed by atoms with Crippen LogP contribution in [0.3, 0.4) is 0 Å². The van der Waals surface area contributed by atoms with Gasteiger partial charge in [-0.15, -0.1) is 0 Å². The zero-order valence-corrected chi connectivity index (χ0v) is 12.4. The number of pyridine rings is 1. The maximum atomic E-state index is 12.2. The van der Waals surface area contributed by atoms with Gasteiger partial charge in [-0.2, -0.15) is 0 Å². The van der Waals surface area contributed by atoms with Gasteiger partial charge in [-0.25, -0.2) is 4.98 Å². The summed E-state index contributed by atoms with van der Waals surface area (Å²) >= 11 is 0. The number of hydrogen-bond donors (Lipinski definition) is 1. The average Bonchev–Trinajstić information content (AvgIpc) is 2.93. The van der Waals surface area contributed by atoms with Gasteiger partial charge in [-0.3, -0.25) is 4.79 Å². The quantitative estimate of drug-likeness (QED) is 0.870. The van der Waals surface area contributed by atoms with Crippen molar-refractivity contribution in [3.05, 3.63) is 23.9 Å². The van der Waals surface area contributed by atoms with Crippen LogP contribution >= 0.6 is 0 Å². The van der Waals surface area contributed by atoms with E-state index in [4.69, 9.17) is 4.74 Å². The summed E-state index contributed by atoms with van der Waals surface area (Å²) < 4.78 is 5.33. The van der Waals surface area contributed by atoms with Crippen molar-refractivity contribution in [1.82, 2.24) is 15.2 Å². The van der Waals surface area contributed by atoms with Gasteiger partial charge in [0.1, 0.15) is 5.82 Å². The minimum atomic E-state index is -0.0312. The summed E-state index contributed by atoms with van der Waals surface area (Å²) in [6, 6.07) is 4.02. The van der Waals surface area contributed by atoms with Crippen LogP contribution in [0.5, 0.6) is 0 Å². The number of carbonyl (C=O) groups is 1. The molecule has 1 N–H and O–H groups in total. The summed E-state index contributed by atoms with van der Waals surface area (Å²) in [5.41, 5.74) is 0.626. The van der Waals surface area contributed by atoms with E-state index in [2.05, 4.69) is 27.1 Å². The van der Waals surface area contributed by atoms with E-state index in [1.807, 2.05) is 12.1 Å². The van der Waals surface area contributed by atoms with Gasteiger partial charge in [-0.1, -0.05) is 0 Å². The topological polar surface area (TPSA) is 57.7 Å². The first kappa shape index (κ1) is 14.3. The van der Waals surface area contributed by atoms with Gasteiger partial charge in [0.2, 0.25) is 0 Å². The highest BCUT2D eigenvalue weighted by Gasteiger charge is 2.21. The molecule has 114 valence electrons. The number of hydrogen-bond acceptors (Lipinski definition) is 5. The second kappa shape index (κ2) is 6.41. The normalized spacial score (nSPS) is 23.3. The van der Waals surface area contributed by atoms with Gasteiger partial charge in [0.15, 0.2) is 0 Å². The van der Waals surface area contributed by atoms with Gasteiger partial charge < -0.3 is 19.9 Å². The van der Waals surface area contributed by atoms with Crippen LogP contribution in [0.15, 0.2) is 18.3 Å². The van der Waals surface area contributed by atoms with E-state index in [-0.39, 0.29) is 11.9 Å². The Morgan fingerprint density at radius 3 is 2.76 bits per heavy atom. The summed E-state index contributed by atoms with van der Waals surface area (Å²) in [4.78, 5) is 21.0. The molecule has 3 heterocycles. The zero-order chi connectivity index (χ0) is 14.7.